The Kier molecular flexibility index (Phi) is 6.47. The van der Waals surface area contributed by atoms with E-state index in [9.17, 15) is 4.79 Å². The first kappa shape index (κ1) is 21.0. The fraction of sp³-hybridized carbons (Fsp3) is 0.381. The average molecular weight is 406 g/mol. The van der Waals surface area contributed by atoms with E-state index in [1.807, 2.05) is 43.4 Å². The second-order valence-corrected chi connectivity index (χ2v) is 7.51. The van der Waals surface area contributed by atoms with Gasteiger partial charge < -0.3 is 20.9 Å². The number of aromatic nitrogens is 2. The van der Waals surface area contributed by atoms with Gasteiger partial charge in [-0.2, -0.15) is 5.26 Å². The average Bonchev–Trinajstić information content (AvgIpc) is 2.77. The molecule has 2 heterocycles. The third-order valence-corrected chi connectivity index (χ3v) is 5.47. The van der Waals surface area contributed by atoms with Gasteiger partial charge in [-0.1, -0.05) is 30.3 Å². The SMILES string of the molecule is CN(C)/C(=N\C#N)N1CCC(CNC(=O)c2nccnc2N)(c2ccccc2)CC1. The molecule has 0 aliphatic carbocycles. The number of rotatable bonds is 4. The molecule has 0 bridgehead atoms. The van der Waals surface area contributed by atoms with Crippen LogP contribution in [0.1, 0.15) is 28.9 Å². The molecule has 0 atom stereocenters. The van der Waals surface area contributed by atoms with Gasteiger partial charge in [0.2, 0.25) is 12.2 Å². The molecule has 0 radical (unpaired) electrons. The Balaban J connectivity index is 1.79. The molecule has 1 aromatic carbocycles. The molecular formula is C21H26N8O. The summed E-state index contributed by atoms with van der Waals surface area (Å²) in [4.78, 5) is 28.6. The maximum atomic E-state index is 12.7. The zero-order valence-corrected chi connectivity index (χ0v) is 17.2. The van der Waals surface area contributed by atoms with Crippen molar-refractivity contribution >= 4 is 17.7 Å². The van der Waals surface area contributed by atoms with Gasteiger partial charge in [0.25, 0.3) is 5.91 Å². The number of piperidine rings is 1. The monoisotopic (exact) mass is 406 g/mol. The van der Waals surface area contributed by atoms with Crippen LogP contribution in [0.4, 0.5) is 5.82 Å². The van der Waals surface area contributed by atoms with Crippen LogP contribution in [0.15, 0.2) is 47.7 Å². The van der Waals surface area contributed by atoms with Gasteiger partial charge in [0, 0.05) is 51.5 Å². The van der Waals surface area contributed by atoms with Crippen molar-refractivity contribution in [1.82, 2.24) is 25.1 Å². The molecule has 0 spiro atoms. The number of nitrogens with one attached hydrogen (secondary N) is 1. The van der Waals surface area contributed by atoms with Gasteiger partial charge in [0.15, 0.2) is 11.5 Å². The minimum atomic E-state index is -0.335. The summed E-state index contributed by atoms with van der Waals surface area (Å²) in [5.41, 5.74) is 6.86. The number of nitrogen functional groups attached to an aromatic ring is 1. The Labute approximate surface area is 176 Å². The lowest BCUT2D eigenvalue weighted by Gasteiger charge is -2.44. The highest BCUT2D eigenvalue weighted by molar-refractivity contribution is 5.96. The highest BCUT2D eigenvalue weighted by atomic mass is 16.1. The van der Waals surface area contributed by atoms with Crippen LogP contribution in [0.25, 0.3) is 0 Å². The first-order valence-corrected chi connectivity index (χ1v) is 9.76. The molecule has 1 aliphatic heterocycles. The largest absolute Gasteiger partial charge is 0.382 e. The Morgan fingerprint density at radius 1 is 1.27 bits per heavy atom. The summed E-state index contributed by atoms with van der Waals surface area (Å²) in [6.45, 7) is 1.89. The summed E-state index contributed by atoms with van der Waals surface area (Å²) in [5.74, 6) is 0.427. The van der Waals surface area contributed by atoms with Crippen molar-refractivity contribution in [2.24, 2.45) is 4.99 Å². The molecule has 1 aliphatic rings. The Morgan fingerprint density at radius 2 is 1.93 bits per heavy atom. The number of benzene rings is 1. The van der Waals surface area contributed by atoms with E-state index in [1.165, 1.54) is 18.0 Å². The standard InChI is InChI=1S/C21H26N8O/c1-28(2)20(27-15-22)29-12-8-21(9-13-29,16-6-4-3-5-7-16)14-26-19(30)17-18(23)25-11-10-24-17/h3-7,10-11H,8-9,12-14H2,1-2H3,(H2,23,25)(H,26,30)/b27-20+. The lowest BCUT2D eigenvalue weighted by Crippen LogP contribution is -2.52. The number of guanidine groups is 1. The van der Waals surface area contributed by atoms with E-state index in [-0.39, 0.29) is 22.8 Å². The second kappa shape index (κ2) is 9.22. The molecule has 0 unspecified atom stereocenters. The lowest BCUT2D eigenvalue weighted by atomic mass is 9.72. The number of hydrogen-bond acceptors (Lipinski definition) is 6. The van der Waals surface area contributed by atoms with Crippen LogP contribution in [-0.4, -0.2) is 65.4 Å². The Morgan fingerprint density at radius 3 is 2.53 bits per heavy atom. The highest BCUT2D eigenvalue weighted by Gasteiger charge is 2.38. The molecular weight excluding hydrogens is 380 g/mol. The number of carbonyl (C=O) groups excluding carboxylic acids is 1. The van der Waals surface area contributed by atoms with Crippen molar-refractivity contribution in [1.29, 1.82) is 5.26 Å². The number of hydrogen-bond donors (Lipinski definition) is 2. The van der Waals surface area contributed by atoms with Crippen LogP contribution < -0.4 is 11.1 Å². The van der Waals surface area contributed by atoms with Gasteiger partial charge in [-0.3, -0.25) is 4.79 Å². The van der Waals surface area contributed by atoms with Gasteiger partial charge in [-0.15, -0.1) is 4.99 Å². The van der Waals surface area contributed by atoms with Gasteiger partial charge >= 0.3 is 0 Å². The molecule has 30 heavy (non-hydrogen) atoms. The van der Waals surface area contributed by atoms with Crippen LogP contribution in [0.5, 0.6) is 0 Å². The normalized spacial score (nSPS) is 15.9. The fourth-order valence-corrected chi connectivity index (χ4v) is 3.85. The van der Waals surface area contributed by atoms with Crippen molar-refractivity contribution in [3.63, 3.8) is 0 Å². The Hall–Kier alpha value is -3.67. The Bertz CT molecular complexity index is 943. The maximum absolute atomic E-state index is 12.7. The van der Waals surface area contributed by atoms with Crippen molar-refractivity contribution in [3.05, 3.63) is 54.0 Å². The highest BCUT2D eigenvalue weighted by Crippen LogP contribution is 2.35. The third-order valence-electron chi connectivity index (χ3n) is 5.47. The quantitative estimate of drug-likeness (QED) is 0.444. The summed E-state index contributed by atoms with van der Waals surface area (Å²) in [7, 11) is 3.75. The van der Waals surface area contributed by atoms with Crippen molar-refractivity contribution in [2.45, 2.75) is 18.3 Å². The minimum Gasteiger partial charge on any atom is -0.382 e. The van der Waals surface area contributed by atoms with Crippen LogP contribution in [0, 0.1) is 11.5 Å². The first-order chi connectivity index (χ1) is 14.5. The third kappa shape index (κ3) is 4.49. The molecule has 3 rings (SSSR count). The van der Waals surface area contributed by atoms with Crippen molar-refractivity contribution < 1.29 is 4.79 Å². The smallest absolute Gasteiger partial charge is 0.273 e. The summed E-state index contributed by atoms with van der Waals surface area (Å²) in [6, 6.07) is 10.2. The second-order valence-electron chi connectivity index (χ2n) is 7.51. The van der Waals surface area contributed by atoms with Crippen LogP contribution in [-0.2, 0) is 5.41 Å². The van der Waals surface area contributed by atoms with Gasteiger partial charge in [-0.05, 0) is 18.4 Å². The molecule has 156 valence electrons. The number of nitrogens with two attached hydrogens (primary N) is 1. The minimum absolute atomic E-state index is 0.113. The van der Waals surface area contributed by atoms with Crippen LogP contribution in [0.2, 0.25) is 0 Å². The molecule has 1 fully saturated rings. The van der Waals surface area contributed by atoms with Gasteiger partial charge in [0.05, 0.1) is 0 Å². The van der Waals surface area contributed by atoms with E-state index in [2.05, 4.69) is 37.3 Å². The van der Waals surface area contributed by atoms with E-state index in [1.54, 1.807) is 0 Å². The number of nitriles is 1. The number of aliphatic imine (C=N–C) groups is 1. The van der Waals surface area contributed by atoms with E-state index >= 15 is 0 Å². The number of nitrogens with zero attached hydrogens (tertiary/aromatic N) is 6. The maximum Gasteiger partial charge on any atom is 0.273 e. The molecule has 9 nitrogen and oxygen atoms in total. The van der Waals surface area contributed by atoms with Gasteiger partial charge in [-0.25, -0.2) is 9.97 Å². The van der Waals surface area contributed by atoms with Crippen molar-refractivity contribution in [3.8, 4) is 6.19 Å². The predicted molar refractivity (Wildman–Crippen MR) is 114 cm³/mol. The van der Waals surface area contributed by atoms with Crippen molar-refractivity contribution in [2.75, 3.05) is 39.5 Å². The summed E-state index contributed by atoms with van der Waals surface area (Å²) in [6.07, 6.45) is 6.39. The summed E-state index contributed by atoms with van der Waals surface area (Å²) >= 11 is 0. The molecule has 1 aromatic heterocycles. The number of anilines is 1. The van der Waals surface area contributed by atoms with Gasteiger partial charge in [0.1, 0.15) is 0 Å². The van der Waals surface area contributed by atoms with E-state index in [4.69, 9.17) is 11.0 Å². The fourth-order valence-electron chi connectivity index (χ4n) is 3.85. The molecule has 1 amide bonds. The predicted octanol–water partition coefficient (Wildman–Crippen LogP) is 1.22. The van der Waals surface area contributed by atoms with E-state index < -0.39 is 0 Å². The molecule has 0 saturated carbocycles. The molecule has 2 aromatic rings. The summed E-state index contributed by atoms with van der Waals surface area (Å²) in [5, 5.41) is 12.0. The zero-order valence-electron chi connectivity index (χ0n) is 17.2. The number of carbonyl (C=O) groups is 1. The lowest BCUT2D eigenvalue weighted by molar-refractivity contribution is 0.0927. The topological polar surface area (TPSA) is 124 Å². The van der Waals surface area contributed by atoms with Crippen LogP contribution in [0.3, 0.4) is 0 Å². The molecule has 9 heteroatoms. The first-order valence-electron chi connectivity index (χ1n) is 9.76. The summed E-state index contributed by atoms with van der Waals surface area (Å²) < 4.78 is 0. The molecule has 1 saturated heterocycles. The van der Waals surface area contributed by atoms with E-state index in [0.29, 0.717) is 12.5 Å². The molecule has 3 N–H and O–H groups in total. The number of likely N-dealkylation sites (tertiary alicyclic amines) is 1. The number of amides is 1. The van der Waals surface area contributed by atoms with E-state index in [0.717, 1.165) is 25.9 Å². The zero-order chi connectivity index (χ0) is 21.6. The van der Waals surface area contributed by atoms with Crippen LogP contribution >= 0.6 is 0 Å².